The normalized spacial score (nSPS) is 12.2. The Hall–Kier alpha value is -2.51. The van der Waals surface area contributed by atoms with Crippen LogP contribution in [0.1, 0.15) is 15.9 Å². The topological polar surface area (TPSA) is 94.5 Å². The molecule has 0 aliphatic carbocycles. The van der Waals surface area contributed by atoms with Crippen molar-refractivity contribution >= 4 is 5.91 Å². The first kappa shape index (κ1) is 17.8. The molecule has 7 heteroatoms. The molecule has 1 heterocycles. The number of halogens is 1. The smallest absolute Gasteiger partial charge is 0.258 e. The van der Waals surface area contributed by atoms with E-state index in [1.165, 1.54) is 36.1 Å². The molecule has 0 unspecified atom stereocenters. The van der Waals surface area contributed by atoms with Gasteiger partial charge in [0, 0.05) is 24.4 Å². The van der Waals surface area contributed by atoms with Crippen LogP contribution in [0.15, 0.2) is 35.3 Å². The van der Waals surface area contributed by atoms with E-state index in [1.807, 2.05) is 0 Å². The van der Waals surface area contributed by atoms with Gasteiger partial charge in [-0.25, -0.2) is 4.39 Å². The summed E-state index contributed by atoms with van der Waals surface area (Å²) in [5.41, 5.74) is 5.44. The standard InChI is InChI=1S/C17H19FN2O4/c1-10-6-15(18)14(7-13(10)16(19)22)12-4-3-5-20(17(12)23)8-11(21)9-24-2/h3-7,11,21H,8-9H2,1-2H3,(H2,19,22)/t11-/m1/s1. The molecule has 24 heavy (non-hydrogen) atoms. The predicted molar refractivity (Wildman–Crippen MR) is 87.2 cm³/mol. The number of aryl methyl sites for hydroxylation is 1. The van der Waals surface area contributed by atoms with Crippen molar-refractivity contribution in [3.8, 4) is 11.1 Å². The number of carbonyl (C=O) groups excluding carboxylic acids is 1. The van der Waals surface area contributed by atoms with Gasteiger partial charge in [0.2, 0.25) is 5.91 Å². The molecule has 128 valence electrons. The second-order valence-corrected chi connectivity index (χ2v) is 5.50. The van der Waals surface area contributed by atoms with E-state index in [4.69, 9.17) is 10.5 Å². The van der Waals surface area contributed by atoms with Crippen molar-refractivity contribution in [3.05, 3.63) is 57.8 Å². The number of rotatable bonds is 6. The minimum absolute atomic E-state index is 0.00465. The Balaban J connectivity index is 2.52. The molecule has 6 nitrogen and oxygen atoms in total. The molecule has 0 bridgehead atoms. The van der Waals surface area contributed by atoms with E-state index < -0.39 is 23.4 Å². The maximum absolute atomic E-state index is 14.3. The van der Waals surface area contributed by atoms with E-state index >= 15 is 0 Å². The summed E-state index contributed by atoms with van der Waals surface area (Å²) in [6.45, 7) is 1.65. The van der Waals surface area contributed by atoms with Gasteiger partial charge in [-0.05, 0) is 36.8 Å². The zero-order valence-corrected chi connectivity index (χ0v) is 13.5. The Morgan fingerprint density at radius 3 is 2.75 bits per heavy atom. The van der Waals surface area contributed by atoms with Crippen LogP contribution in [0.4, 0.5) is 4.39 Å². The summed E-state index contributed by atoms with van der Waals surface area (Å²) in [6.07, 6.45) is 0.623. The van der Waals surface area contributed by atoms with E-state index in [9.17, 15) is 19.1 Å². The molecule has 0 spiro atoms. The Bertz CT molecular complexity index is 817. The number of benzene rings is 1. The molecule has 1 aromatic heterocycles. The Labute approximate surface area is 138 Å². The van der Waals surface area contributed by atoms with Crippen LogP contribution in [0.2, 0.25) is 0 Å². The van der Waals surface area contributed by atoms with E-state index in [-0.39, 0.29) is 29.8 Å². The number of ether oxygens (including phenoxy) is 1. The monoisotopic (exact) mass is 334 g/mol. The zero-order chi connectivity index (χ0) is 17.9. The number of hydrogen-bond acceptors (Lipinski definition) is 4. The number of nitrogens with two attached hydrogens (primary N) is 1. The molecule has 2 aromatic rings. The van der Waals surface area contributed by atoms with Crippen molar-refractivity contribution in [2.75, 3.05) is 13.7 Å². The van der Waals surface area contributed by atoms with E-state index in [1.54, 1.807) is 13.0 Å². The van der Waals surface area contributed by atoms with Crippen LogP contribution in [-0.2, 0) is 11.3 Å². The quantitative estimate of drug-likeness (QED) is 0.826. The fourth-order valence-electron chi connectivity index (χ4n) is 2.50. The molecule has 0 radical (unpaired) electrons. The second kappa shape index (κ2) is 7.37. The summed E-state index contributed by atoms with van der Waals surface area (Å²) < 4.78 is 20.4. The second-order valence-electron chi connectivity index (χ2n) is 5.50. The van der Waals surface area contributed by atoms with Crippen LogP contribution < -0.4 is 11.3 Å². The lowest BCUT2D eigenvalue weighted by Gasteiger charge is -2.13. The number of aliphatic hydroxyl groups is 1. The van der Waals surface area contributed by atoms with Crippen molar-refractivity contribution in [2.45, 2.75) is 19.6 Å². The first-order valence-electron chi connectivity index (χ1n) is 7.32. The Morgan fingerprint density at radius 1 is 1.42 bits per heavy atom. The van der Waals surface area contributed by atoms with Gasteiger partial charge in [-0.2, -0.15) is 0 Å². The maximum atomic E-state index is 14.3. The van der Waals surface area contributed by atoms with Gasteiger partial charge in [0.15, 0.2) is 0 Å². The lowest BCUT2D eigenvalue weighted by Crippen LogP contribution is -2.29. The fourth-order valence-corrected chi connectivity index (χ4v) is 2.50. The Morgan fingerprint density at radius 2 is 2.12 bits per heavy atom. The van der Waals surface area contributed by atoms with Crippen LogP contribution in [0.25, 0.3) is 11.1 Å². The molecule has 0 aliphatic heterocycles. The van der Waals surface area contributed by atoms with Crippen LogP contribution >= 0.6 is 0 Å². The number of nitrogens with zero attached hydrogens (tertiary/aromatic N) is 1. The third-order valence-electron chi connectivity index (χ3n) is 3.66. The van der Waals surface area contributed by atoms with E-state index in [2.05, 4.69) is 0 Å². The zero-order valence-electron chi connectivity index (χ0n) is 13.5. The summed E-state index contributed by atoms with van der Waals surface area (Å²) in [5, 5.41) is 9.78. The van der Waals surface area contributed by atoms with Gasteiger partial charge >= 0.3 is 0 Å². The number of primary amides is 1. The molecule has 1 amide bonds. The third-order valence-corrected chi connectivity index (χ3v) is 3.66. The molecule has 0 saturated carbocycles. The van der Waals surface area contributed by atoms with Gasteiger partial charge in [-0.1, -0.05) is 0 Å². The van der Waals surface area contributed by atoms with Gasteiger partial charge in [0.1, 0.15) is 5.82 Å². The highest BCUT2D eigenvalue weighted by molar-refractivity contribution is 5.95. The summed E-state index contributed by atoms with van der Waals surface area (Å²) >= 11 is 0. The van der Waals surface area contributed by atoms with Crippen molar-refractivity contribution in [3.63, 3.8) is 0 Å². The highest BCUT2D eigenvalue weighted by Gasteiger charge is 2.16. The molecule has 2 rings (SSSR count). The number of aliphatic hydroxyl groups excluding tert-OH is 1. The van der Waals surface area contributed by atoms with Gasteiger partial charge in [0.25, 0.3) is 5.56 Å². The van der Waals surface area contributed by atoms with Crippen LogP contribution in [0.3, 0.4) is 0 Å². The van der Waals surface area contributed by atoms with E-state index in [0.29, 0.717) is 5.56 Å². The predicted octanol–water partition coefficient (Wildman–Crippen LogP) is 1.07. The summed E-state index contributed by atoms with van der Waals surface area (Å²) in [4.78, 5) is 24.0. The third kappa shape index (κ3) is 3.69. The molecular formula is C17H19FN2O4. The number of amides is 1. The summed E-state index contributed by atoms with van der Waals surface area (Å²) in [7, 11) is 1.44. The van der Waals surface area contributed by atoms with Crippen molar-refractivity contribution in [1.82, 2.24) is 4.57 Å². The number of methoxy groups -OCH3 is 1. The molecule has 0 aliphatic rings. The van der Waals surface area contributed by atoms with E-state index in [0.717, 1.165) is 0 Å². The number of carbonyl (C=O) groups is 1. The minimum atomic E-state index is -0.869. The lowest BCUT2D eigenvalue weighted by atomic mass is 9.99. The molecule has 1 atom stereocenters. The number of aromatic nitrogens is 1. The SMILES string of the molecule is COC[C@H](O)Cn1cccc(-c2cc(C(N)=O)c(C)cc2F)c1=O. The number of pyridine rings is 1. The molecule has 3 N–H and O–H groups in total. The molecule has 0 fully saturated rings. The first-order chi connectivity index (χ1) is 11.3. The van der Waals surface area contributed by atoms with Crippen molar-refractivity contribution < 1.29 is 19.0 Å². The molecular weight excluding hydrogens is 315 g/mol. The summed E-state index contributed by atoms with van der Waals surface area (Å²) in [5.74, 6) is -1.31. The average Bonchev–Trinajstić information content (AvgIpc) is 2.50. The minimum Gasteiger partial charge on any atom is -0.389 e. The molecule has 1 aromatic carbocycles. The first-order valence-corrected chi connectivity index (χ1v) is 7.32. The largest absolute Gasteiger partial charge is 0.389 e. The van der Waals surface area contributed by atoms with Gasteiger partial charge in [0.05, 0.1) is 24.8 Å². The highest BCUT2D eigenvalue weighted by Crippen LogP contribution is 2.23. The van der Waals surface area contributed by atoms with Crippen molar-refractivity contribution in [2.24, 2.45) is 5.73 Å². The molecule has 0 saturated heterocycles. The lowest BCUT2D eigenvalue weighted by molar-refractivity contribution is 0.0531. The number of hydrogen-bond donors (Lipinski definition) is 2. The van der Waals surface area contributed by atoms with Gasteiger partial charge in [-0.15, -0.1) is 0 Å². The fraction of sp³-hybridized carbons (Fsp3) is 0.294. The van der Waals surface area contributed by atoms with Gasteiger partial charge in [-0.3, -0.25) is 9.59 Å². The Kier molecular flexibility index (Phi) is 5.48. The van der Waals surface area contributed by atoms with Gasteiger partial charge < -0.3 is 20.1 Å². The maximum Gasteiger partial charge on any atom is 0.258 e. The van der Waals surface area contributed by atoms with Crippen LogP contribution in [0, 0.1) is 12.7 Å². The van der Waals surface area contributed by atoms with Crippen LogP contribution in [0.5, 0.6) is 0 Å². The average molecular weight is 334 g/mol. The van der Waals surface area contributed by atoms with Crippen LogP contribution in [-0.4, -0.2) is 35.4 Å². The summed E-state index contributed by atoms with van der Waals surface area (Å²) in [6, 6.07) is 5.48. The highest BCUT2D eigenvalue weighted by atomic mass is 19.1. The van der Waals surface area contributed by atoms with Crippen molar-refractivity contribution in [1.29, 1.82) is 0 Å².